The predicted molar refractivity (Wildman–Crippen MR) is 161 cm³/mol. The average molecular weight is 599 g/mol. The van der Waals surface area contributed by atoms with Crippen molar-refractivity contribution in [2.75, 3.05) is 0 Å². The number of benzene rings is 2. The highest BCUT2D eigenvalue weighted by atomic mass is 31.2. The molecule has 0 amide bonds. The van der Waals surface area contributed by atoms with E-state index in [2.05, 4.69) is 0 Å². The summed E-state index contributed by atoms with van der Waals surface area (Å²) in [5.74, 6) is -0.515. The molecule has 40 heavy (non-hydrogen) atoms. The second kappa shape index (κ2) is 10.9. The van der Waals surface area contributed by atoms with E-state index < -0.39 is 32.4 Å². The highest BCUT2D eigenvalue weighted by Crippen LogP contribution is 2.53. The molecule has 0 saturated carbocycles. The molecule has 4 N–H and O–H groups in total. The topological polar surface area (TPSA) is 134 Å². The van der Waals surface area contributed by atoms with Crippen molar-refractivity contribution in [3.63, 3.8) is 0 Å². The van der Waals surface area contributed by atoms with Crippen molar-refractivity contribution in [1.82, 2.24) is 0 Å². The van der Waals surface area contributed by atoms with E-state index in [9.17, 15) is 28.7 Å². The number of rotatable bonds is 6. The third kappa shape index (κ3) is 8.67. The van der Waals surface area contributed by atoms with Crippen LogP contribution in [0.1, 0.15) is 129 Å². The fraction of sp³-hybridized carbons (Fsp3) is 0.600. The molecule has 0 unspecified atom stereocenters. The molecular weight excluding hydrogens is 550 g/mol. The maximum Gasteiger partial charge on any atom is 0.524 e. The molecule has 226 valence electrons. The molecule has 0 saturated heterocycles. The van der Waals surface area contributed by atoms with Gasteiger partial charge in [-0.3, -0.25) is 19.6 Å². The first-order valence-electron chi connectivity index (χ1n) is 13.4. The third-order valence-electron chi connectivity index (χ3n) is 6.94. The fourth-order valence-corrected chi connectivity index (χ4v) is 5.42. The van der Waals surface area contributed by atoms with Crippen LogP contribution in [0.3, 0.4) is 0 Å². The van der Waals surface area contributed by atoms with Gasteiger partial charge in [0.2, 0.25) is 0 Å². The molecule has 0 aliphatic carbocycles. The summed E-state index contributed by atoms with van der Waals surface area (Å²) in [5, 5.41) is 0. The van der Waals surface area contributed by atoms with E-state index in [0.29, 0.717) is 22.3 Å². The van der Waals surface area contributed by atoms with Gasteiger partial charge >= 0.3 is 15.6 Å². The summed E-state index contributed by atoms with van der Waals surface area (Å²) in [7, 11) is -9.94. The maximum atomic E-state index is 12.2. The van der Waals surface area contributed by atoms with Crippen molar-refractivity contribution in [3.8, 4) is 11.5 Å². The molecule has 2 aromatic rings. The lowest BCUT2D eigenvalue weighted by Crippen LogP contribution is -2.21. The zero-order valence-corrected chi connectivity index (χ0v) is 28.0. The summed E-state index contributed by atoms with van der Waals surface area (Å²) in [4.78, 5) is 39.7. The van der Waals surface area contributed by atoms with Crippen LogP contribution in [0.5, 0.6) is 11.5 Å². The summed E-state index contributed by atoms with van der Waals surface area (Å²) >= 11 is 0. The first-order chi connectivity index (χ1) is 17.5. The van der Waals surface area contributed by atoms with Gasteiger partial charge in [0.1, 0.15) is 11.5 Å². The predicted octanol–water partition coefficient (Wildman–Crippen LogP) is 7.97. The Morgan fingerprint density at radius 1 is 0.550 bits per heavy atom. The minimum atomic E-state index is -4.97. The van der Waals surface area contributed by atoms with Crippen LogP contribution in [0.2, 0.25) is 0 Å². The average Bonchev–Trinajstić information content (AvgIpc) is 2.67. The molecule has 10 heteroatoms. The largest absolute Gasteiger partial charge is 0.524 e. The molecule has 0 aliphatic heterocycles. The van der Waals surface area contributed by atoms with Crippen LogP contribution in [-0.2, 0) is 30.8 Å². The van der Waals surface area contributed by atoms with Crippen molar-refractivity contribution in [2.45, 2.75) is 118 Å². The Kier molecular flexibility index (Phi) is 9.39. The van der Waals surface area contributed by atoms with Crippen LogP contribution in [0.25, 0.3) is 0 Å². The van der Waals surface area contributed by atoms with E-state index in [-0.39, 0.29) is 22.3 Å². The lowest BCUT2D eigenvalue weighted by Gasteiger charge is -2.33. The number of phosphoric ester groups is 2. The van der Waals surface area contributed by atoms with Gasteiger partial charge in [-0.15, -0.1) is 0 Å². The Labute approximate surface area is 240 Å². The van der Waals surface area contributed by atoms with Gasteiger partial charge in [-0.2, -0.15) is 0 Å². The smallest absolute Gasteiger partial charge is 0.404 e. The van der Waals surface area contributed by atoms with Crippen LogP contribution in [0.15, 0.2) is 24.3 Å². The van der Waals surface area contributed by atoms with Crippen LogP contribution in [0.4, 0.5) is 0 Å². The van der Waals surface area contributed by atoms with E-state index >= 15 is 0 Å². The molecule has 2 rings (SSSR count). The first-order valence-corrected chi connectivity index (χ1v) is 16.5. The number of hydrogen-bond donors (Lipinski definition) is 4. The summed E-state index contributed by atoms with van der Waals surface area (Å²) < 4.78 is 35.3. The van der Waals surface area contributed by atoms with Crippen molar-refractivity contribution in [3.05, 3.63) is 57.6 Å². The second-order valence-corrected chi connectivity index (χ2v) is 17.1. The van der Waals surface area contributed by atoms with Crippen LogP contribution < -0.4 is 9.05 Å². The Balaban J connectivity index is 3.18. The molecule has 0 fully saturated rings. The van der Waals surface area contributed by atoms with E-state index in [1.807, 2.05) is 114 Å². The molecule has 0 spiro atoms. The number of phosphoric acid groups is 2. The van der Waals surface area contributed by atoms with Gasteiger partial charge in [-0.1, -0.05) is 114 Å². The summed E-state index contributed by atoms with van der Waals surface area (Å²) in [5.41, 5.74) is 2.34. The van der Waals surface area contributed by atoms with Crippen molar-refractivity contribution in [1.29, 1.82) is 0 Å². The van der Waals surface area contributed by atoms with Crippen LogP contribution in [-0.4, -0.2) is 19.6 Å². The molecule has 0 atom stereocenters. The molecule has 0 heterocycles. The minimum absolute atomic E-state index is 0.0573. The van der Waals surface area contributed by atoms with Gasteiger partial charge in [0.15, 0.2) is 0 Å². The van der Waals surface area contributed by atoms with Gasteiger partial charge in [0.25, 0.3) is 0 Å². The number of hydrogen-bond acceptors (Lipinski definition) is 4. The second-order valence-electron chi connectivity index (χ2n) is 14.8. The minimum Gasteiger partial charge on any atom is -0.404 e. The lowest BCUT2D eigenvalue weighted by molar-refractivity contribution is 0.278. The van der Waals surface area contributed by atoms with Gasteiger partial charge < -0.3 is 9.05 Å². The quantitative estimate of drug-likeness (QED) is 0.246. The highest BCUT2D eigenvalue weighted by molar-refractivity contribution is 7.47. The van der Waals surface area contributed by atoms with Gasteiger partial charge in [-0.25, -0.2) is 9.13 Å². The fourth-order valence-electron chi connectivity index (χ4n) is 4.54. The SMILES string of the molecule is CC(c1cc(C(C)(C)C)cc(C(C)(C)C)c1OP(=O)(O)O)c1cc(C(C)(C)C)cc(C(C)(C)C)c1OP(=O)(O)O. The monoisotopic (exact) mass is 598 g/mol. The summed E-state index contributed by atoms with van der Waals surface area (Å²) in [6.07, 6.45) is 0. The first kappa shape index (κ1) is 34.5. The van der Waals surface area contributed by atoms with E-state index in [4.69, 9.17) is 9.05 Å². The molecule has 0 aromatic heterocycles. The van der Waals surface area contributed by atoms with E-state index in [1.165, 1.54) is 0 Å². The van der Waals surface area contributed by atoms with Crippen molar-refractivity contribution in [2.24, 2.45) is 0 Å². The lowest BCUT2D eigenvalue weighted by atomic mass is 9.74. The molecule has 2 aromatic carbocycles. The summed E-state index contributed by atoms with van der Waals surface area (Å²) in [6, 6.07) is 7.57. The van der Waals surface area contributed by atoms with E-state index in [1.54, 1.807) is 0 Å². The third-order valence-corrected chi connectivity index (χ3v) is 7.78. The van der Waals surface area contributed by atoms with Crippen LogP contribution >= 0.6 is 15.6 Å². The Morgan fingerprint density at radius 3 is 1.02 bits per heavy atom. The highest BCUT2D eigenvalue weighted by Gasteiger charge is 2.35. The standard InChI is InChI=1S/C30H48O8P2/c1-18(21-14-19(27(2,3)4)16-23(29(8,9)10)25(21)37-39(31,32)33)22-15-20(28(5,6)7)17-24(30(11,12)13)26(22)38-40(34,35)36/h14-18H,1-13H3,(H2,31,32,33)(H2,34,35,36). The Morgan fingerprint density at radius 2 is 0.825 bits per heavy atom. The van der Waals surface area contributed by atoms with Gasteiger partial charge in [-0.05, 0) is 32.8 Å². The summed E-state index contributed by atoms with van der Waals surface area (Å²) in [6.45, 7) is 25.8. The van der Waals surface area contributed by atoms with Crippen LogP contribution in [0, 0.1) is 0 Å². The molecule has 0 radical (unpaired) electrons. The Hall–Kier alpha value is -1.66. The zero-order valence-electron chi connectivity index (χ0n) is 26.2. The maximum absolute atomic E-state index is 12.2. The molecule has 0 aliphatic rings. The van der Waals surface area contributed by atoms with E-state index in [0.717, 1.165) is 11.1 Å². The molecule has 0 bridgehead atoms. The molecule has 8 nitrogen and oxygen atoms in total. The molecular formula is C30H48O8P2. The van der Waals surface area contributed by atoms with Gasteiger partial charge in [0, 0.05) is 28.2 Å². The van der Waals surface area contributed by atoms with Crippen molar-refractivity contribution >= 4 is 15.6 Å². The van der Waals surface area contributed by atoms with Crippen molar-refractivity contribution < 1.29 is 37.8 Å². The normalized spacial score (nSPS) is 14.1. The zero-order chi connectivity index (χ0) is 31.4. The van der Waals surface area contributed by atoms with Gasteiger partial charge in [0.05, 0.1) is 0 Å². The Bertz CT molecular complexity index is 1240.